The highest BCUT2D eigenvalue weighted by molar-refractivity contribution is 5.72. The molecule has 2 unspecified atom stereocenters. The summed E-state index contributed by atoms with van der Waals surface area (Å²) in [6.07, 6.45) is 3.51. The molecule has 1 aromatic heterocycles. The Labute approximate surface area is 88.3 Å². The molecule has 2 rings (SSSR count). The van der Waals surface area contributed by atoms with Crippen LogP contribution in [0.1, 0.15) is 17.0 Å². The Morgan fingerprint density at radius 1 is 1.60 bits per heavy atom. The first-order chi connectivity index (χ1) is 7.20. The molecular weight excluding hydrogens is 192 g/mol. The van der Waals surface area contributed by atoms with Crippen LogP contribution in [0.4, 0.5) is 0 Å². The van der Waals surface area contributed by atoms with E-state index >= 15 is 0 Å². The van der Waals surface area contributed by atoms with Crippen molar-refractivity contribution in [2.24, 2.45) is 5.92 Å². The summed E-state index contributed by atoms with van der Waals surface area (Å²) in [4.78, 5) is 15.1. The molecule has 1 aromatic rings. The zero-order valence-corrected chi connectivity index (χ0v) is 8.60. The topological polar surface area (TPSA) is 62.2 Å². The fourth-order valence-corrected chi connectivity index (χ4v) is 2.17. The van der Waals surface area contributed by atoms with Gasteiger partial charge in [0.05, 0.1) is 5.92 Å². The second-order valence-corrected chi connectivity index (χ2v) is 3.94. The molecule has 0 saturated carbocycles. The summed E-state index contributed by atoms with van der Waals surface area (Å²) >= 11 is 0. The van der Waals surface area contributed by atoms with Crippen molar-refractivity contribution in [1.29, 1.82) is 0 Å². The molecule has 0 amide bonds. The van der Waals surface area contributed by atoms with Crippen LogP contribution in [0.15, 0.2) is 18.5 Å². The summed E-state index contributed by atoms with van der Waals surface area (Å²) in [6, 6.07) is 1.92. The summed E-state index contributed by atoms with van der Waals surface area (Å²) in [7, 11) is 0. The number of aliphatic carboxylic acids is 1. The zero-order chi connectivity index (χ0) is 10.8. The maximum absolute atomic E-state index is 11.0. The van der Waals surface area contributed by atoms with Crippen LogP contribution < -0.4 is 5.32 Å². The van der Waals surface area contributed by atoms with Crippen molar-refractivity contribution >= 4 is 5.97 Å². The molecule has 0 bridgehead atoms. The largest absolute Gasteiger partial charge is 0.481 e. The molecule has 0 radical (unpaired) electrons. The van der Waals surface area contributed by atoms with E-state index in [1.165, 1.54) is 0 Å². The Morgan fingerprint density at radius 3 is 3.07 bits per heavy atom. The summed E-state index contributed by atoms with van der Waals surface area (Å²) in [5, 5.41) is 12.2. The molecule has 1 aliphatic rings. The quantitative estimate of drug-likeness (QED) is 0.750. The number of aryl methyl sites for hydroxylation is 1. The van der Waals surface area contributed by atoms with Crippen molar-refractivity contribution < 1.29 is 9.90 Å². The molecule has 0 aromatic carbocycles. The number of pyridine rings is 1. The van der Waals surface area contributed by atoms with Crippen LogP contribution in [-0.4, -0.2) is 29.1 Å². The third-order valence-corrected chi connectivity index (χ3v) is 2.99. The zero-order valence-electron chi connectivity index (χ0n) is 8.60. The van der Waals surface area contributed by atoms with Crippen LogP contribution in [-0.2, 0) is 4.79 Å². The van der Waals surface area contributed by atoms with E-state index in [2.05, 4.69) is 10.3 Å². The van der Waals surface area contributed by atoms with E-state index in [4.69, 9.17) is 5.11 Å². The Bertz CT molecular complexity index is 379. The molecule has 2 heterocycles. The van der Waals surface area contributed by atoms with Gasteiger partial charge in [0.15, 0.2) is 0 Å². The van der Waals surface area contributed by atoms with Gasteiger partial charge in [-0.15, -0.1) is 0 Å². The normalized spacial score (nSPS) is 25.4. The molecule has 0 spiro atoms. The van der Waals surface area contributed by atoms with Gasteiger partial charge in [-0.05, 0) is 24.1 Å². The second-order valence-electron chi connectivity index (χ2n) is 3.94. The van der Waals surface area contributed by atoms with Crippen LogP contribution in [0.5, 0.6) is 0 Å². The first kappa shape index (κ1) is 10.1. The van der Waals surface area contributed by atoms with E-state index in [0.717, 1.165) is 17.7 Å². The molecular formula is C11H14N2O2. The molecule has 1 fully saturated rings. The number of carboxylic acid groups (broad SMARTS) is 1. The average Bonchev–Trinajstić information content (AvgIpc) is 2.67. The lowest BCUT2D eigenvalue weighted by molar-refractivity contribution is -0.141. The summed E-state index contributed by atoms with van der Waals surface area (Å²) < 4.78 is 0. The van der Waals surface area contributed by atoms with E-state index in [1.807, 2.05) is 13.0 Å². The summed E-state index contributed by atoms with van der Waals surface area (Å²) in [6.45, 7) is 3.27. The summed E-state index contributed by atoms with van der Waals surface area (Å²) in [5.74, 6) is -0.960. The molecule has 0 aliphatic carbocycles. The van der Waals surface area contributed by atoms with Gasteiger partial charge in [-0.25, -0.2) is 0 Å². The van der Waals surface area contributed by atoms with Crippen molar-refractivity contribution in [3.05, 3.63) is 29.6 Å². The van der Waals surface area contributed by atoms with Crippen molar-refractivity contribution in [3.8, 4) is 0 Å². The minimum atomic E-state index is -0.721. The van der Waals surface area contributed by atoms with Gasteiger partial charge in [0.2, 0.25) is 0 Å². The van der Waals surface area contributed by atoms with Gasteiger partial charge in [-0.1, -0.05) is 0 Å². The number of nitrogens with one attached hydrogen (secondary N) is 1. The number of aromatic nitrogens is 1. The monoisotopic (exact) mass is 206 g/mol. The van der Waals surface area contributed by atoms with Gasteiger partial charge in [-0.3, -0.25) is 9.78 Å². The third kappa shape index (κ3) is 1.85. The van der Waals surface area contributed by atoms with Gasteiger partial charge >= 0.3 is 5.97 Å². The van der Waals surface area contributed by atoms with Crippen molar-refractivity contribution in [2.75, 3.05) is 13.1 Å². The van der Waals surface area contributed by atoms with E-state index in [1.54, 1.807) is 12.4 Å². The van der Waals surface area contributed by atoms with E-state index in [0.29, 0.717) is 6.54 Å². The SMILES string of the molecule is Cc1cnccc1C1CNCC1C(=O)O. The van der Waals surface area contributed by atoms with Crippen LogP contribution in [0.3, 0.4) is 0 Å². The van der Waals surface area contributed by atoms with E-state index in [-0.39, 0.29) is 11.8 Å². The molecule has 4 nitrogen and oxygen atoms in total. The van der Waals surface area contributed by atoms with E-state index < -0.39 is 5.97 Å². The van der Waals surface area contributed by atoms with Crippen molar-refractivity contribution in [1.82, 2.24) is 10.3 Å². The highest BCUT2D eigenvalue weighted by Gasteiger charge is 2.34. The summed E-state index contributed by atoms with van der Waals surface area (Å²) in [5.41, 5.74) is 2.17. The fourth-order valence-electron chi connectivity index (χ4n) is 2.17. The predicted octanol–water partition coefficient (Wildman–Crippen LogP) is 0.778. The predicted molar refractivity (Wildman–Crippen MR) is 55.7 cm³/mol. The highest BCUT2D eigenvalue weighted by Crippen LogP contribution is 2.29. The number of carbonyl (C=O) groups is 1. The molecule has 80 valence electrons. The molecule has 1 saturated heterocycles. The Balaban J connectivity index is 2.30. The number of hydrogen-bond acceptors (Lipinski definition) is 3. The maximum atomic E-state index is 11.0. The lowest BCUT2D eigenvalue weighted by Crippen LogP contribution is -2.21. The van der Waals surface area contributed by atoms with Gasteiger partial charge in [-0.2, -0.15) is 0 Å². The Hall–Kier alpha value is -1.42. The first-order valence-corrected chi connectivity index (χ1v) is 5.04. The maximum Gasteiger partial charge on any atom is 0.308 e. The number of nitrogens with zero attached hydrogens (tertiary/aromatic N) is 1. The van der Waals surface area contributed by atoms with Crippen LogP contribution in [0, 0.1) is 12.8 Å². The van der Waals surface area contributed by atoms with Crippen molar-refractivity contribution in [2.45, 2.75) is 12.8 Å². The lowest BCUT2D eigenvalue weighted by Gasteiger charge is -2.16. The van der Waals surface area contributed by atoms with Gasteiger partial charge < -0.3 is 10.4 Å². The average molecular weight is 206 g/mol. The van der Waals surface area contributed by atoms with Crippen LogP contribution >= 0.6 is 0 Å². The van der Waals surface area contributed by atoms with Gasteiger partial charge in [0, 0.05) is 31.4 Å². The van der Waals surface area contributed by atoms with Crippen molar-refractivity contribution in [3.63, 3.8) is 0 Å². The molecule has 2 N–H and O–H groups in total. The van der Waals surface area contributed by atoms with Crippen LogP contribution in [0.25, 0.3) is 0 Å². The number of hydrogen-bond donors (Lipinski definition) is 2. The fraction of sp³-hybridized carbons (Fsp3) is 0.455. The Kier molecular flexibility index (Phi) is 2.68. The van der Waals surface area contributed by atoms with E-state index in [9.17, 15) is 4.79 Å². The van der Waals surface area contributed by atoms with Gasteiger partial charge in [0.25, 0.3) is 0 Å². The number of carboxylic acids is 1. The molecule has 1 aliphatic heterocycles. The molecule has 4 heteroatoms. The molecule has 2 atom stereocenters. The number of rotatable bonds is 2. The minimum Gasteiger partial charge on any atom is -0.481 e. The Morgan fingerprint density at radius 2 is 2.40 bits per heavy atom. The molecule has 15 heavy (non-hydrogen) atoms. The minimum absolute atomic E-state index is 0.0745. The standard InChI is InChI=1S/C11H14N2O2/c1-7-4-12-3-2-8(7)9-5-13-6-10(9)11(14)15/h2-4,9-10,13H,5-6H2,1H3,(H,14,15). The lowest BCUT2D eigenvalue weighted by atomic mass is 9.87. The highest BCUT2D eigenvalue weighted by atomic mass is 16.4. The smallest absolute Gasteiger partial charge is 0.308 e. The third-order valence-electron chi connectivity index (χ3n) is 2.99. The van der Waals surface area contributed by atoms with Gasteiger partial charge in [0.1, 0.15) is 0 Å². The van der Waals surface area contributed by atoms with Crippen LogP contribution in [0.2, 0.25) is 0 Å². The second kappa shape index (κ2) is 3.98. The first-order valence-electron chi connectivity index (χ1n) is 5.04.